The van der Waals surface area contributed by atoms with Crippen molar-refractivity contribution in [1.82, 2.24) is 0 Å². The Labute approximate surface area is 381 Å². The first kappa shape index (κ1) is 39.2. The Balaban J connectivity index is 1.02. The molecule has 13 rings (SSSR count). The van der Waals surface area contributed by atoms with Crippen LogP contribution in [0.3, 0.4) is 0 Å². The molecule has 0 fully saturated rings. The Kier molecular flexibility index (Phi) is 7.37. The zero-order valence-electron chi connectivity index (χ0n) is 37.9. The Morgan fingerprint density at radius 3 is 0.742 bits per heavy atom. The van der Waals surface area contributed by atoms with Crippen molar-refractivity contribution >= 4 is 43.1 Å². The fraction of sp³-hybridized carbons (Fsp3) is 0.194. The van der Waals surface area contributed by atoms with E-state index in [4.69, 9.17) is 0 Å². The lowest BCUT2D eigenvalue weighted by molar-refractivity contribution is 0.447. The van der Waals surface area contributed by atoms with Crippen molar-refractivity contribution in [3.05, 3.63) is 199 Å². The van der Waals surface area contributed by atoms with Crippen LogP contribution in [-0.4, -0.2) is 0 Å². The summed E-state index contributed by atoms with van der Waals surface area (Å²) in [7, 11) is 0. The fourth-order valence-electron chi connectivity index (χ4n) is 12.9. The topological polar surface area (TPSA) is 0 Å². The third-order valence-corrected chi connectivity index (χ3v) is 16.2. The molecule has 4 heteroatoms. The molecule has 0 heterocycles. The number of benzene rings is 9. The lowest BCUT2D eigenvalue weighted by atomic mass is 9.59. The van der Waals surface area contributed by atoms with Gasteiger partial charge in [-0.3, -0.25) is 0 Å². The van der Waals surface area contributed by atoms with E-state index in [2.05, 4.69) is 140 Å². The standard InChI is InChI=1S/C62H42F4/c1-59(2)39-19-9-15-33-31(34-16-10-20-40-48(34)53(47(33)39)51-43(59)23-13-24-44(51)60(40,3)4)27-29-37-55(63)57(65)38(58(66)56(37)64)30-28-32-35-17-11-21-41-49(35)54-50-36(32)18-12-22-42(50)62(7,8)46-26-14-25-45(52(46)54)61(41,5)6/h9-26H,1-8H3. The predicted octanol–water partition coefficient (Wildman–Crippen LogP) is 15.5. The molecule has 0 aromatic heterocycles. The van der Waals surface area contributed by atoms with Crippen molar-refractivity contribution < 1.29 is 17.6 Å². The van der Waals surface area contributed by atoms with Crippen LogP contribution in [-0.2, 0) is 21.7 Å². The van der Waals surface area contributed by atoms with E-state index < -0.39 is 34.4 Å². The molecule has 0 bridgehead atoms. The van der Waals surface area contributed by atoms with Crippen LogP contribution in [0.1, 0.15) is 122 Å². The van der Waals surface area contributed by atoms with Crippen molar-refractivity contribution in [1.29, 1.82) is 0 Å². The molecule has 0 nitrogen and oxygen atoms in total. The molecular formula is C62H42F4. The molecule has 9 aromatic carbocycles. The molecule has 0 saturated carbocycles. The Morgan fingerprint density at radius 2 is 0.485 bits per heavy atom. The van der Waals surface area contributed by atoms with Gasteiger partial charge in [0, 0.05) is 32.8 Å². The average Bonchev–Trinajstić information content (AvgIpc) is 3.30. The quantitative estimate of drug-likeness (QED) is 0.0617. The van der Waals surface area contributed by atoms with Gasteiger partial charge in [0.2, 0.25) is 0 Å². The fourth-order valence-corrected chi connectivity index (χ4v) is 12.9. The Hall–Kier alpha value is -7.14. The van der Waals surface area contributed by atoms with Gasteiger partial charge in [0.05, 0.1) is 0 Å². The minimum atomic E-state index is -1.58. The summed E-state index contributed by atoms with van der Waals surface area (Å²) in [6.07, 6.45) is 0. The molecule has 4 aliphatic carbocycles. The molecule has 0 amide bonds. The number of halogens is 4. The lowest BCUT2D eigenvalue weighted by Gasteiger charge is -2.43. The second kappa shape index (κ2) is 12.4. The number of rotatable bonds is 0. The van der Waals surface area contributed by atoms with Crippen LogP contribution in [0.15, 0.2) is 109 Å². The van der Waals surface area contributed by atoms with Gasteiger partial charge in [-0.15, -0.1) is 0 Å². The molecule has 0 aliphatic heterocycles. The summed E-state index contributed by atoms with van der Waals surface area (Å²) >= 11 is 0. The zero-order valence-corrected chi connectivity index (χ0v) is 37.9. The molecule has 0 unspecified atom stereocenters. The van der Waals surface area contributed by atoms with Crippen LogP contribution in [0, 0.1) is 47.0 Å². The van der Waals surface area contributed by atoms with Crippen molar-refractivity contribution in [3.8, 4) is 45.9 Å². The first-order valence-electron chi connectivity index (χ1n) is 22.7. The van der Waals surface area contributed by atoms with E-state index in [1.165, 1.54) is 33.4 Å². The van der Waals surface area contributed by atoms with Gasteiger partial charge in [0.15, 0.2) is 23.3 Å². The van der Waals surface area contributed by atoms with Crippen LogP contribution >= 0.6 is 0 Å². The largest absolute Gasteiger partial charge is 0.202 e. The van der Waals surface area contributed by atoms with Gasteiger partial charge in [-0.25, -0.2) is 17.6 Å². The van der Waals surface area contributed by atoms with Crippen molar-refractivity contribution in [3.63, 3.8) is 0 Å². The van der Waals surface area contributed by atoms with E-state index in [0.29, 0.717) is 11.1 Å². The summed E-state index contributed by atoms with van der Waals surface area (Å²) in [5.74, 6) is 5.09. The second-order valence-electron chi connectivity index (χ2n) is 20.9. The first-order valence-corrected chi connectivity index (χ1v) is 22.7. The maximum atomic E-state index is 16.5. The first-order chi connectivity index (χ1) is 31.5. The highest BCUT2D eigenvalue weighted by Crippen LogP contribution is 2.61. The Morgan fingerprint density at radius 1 is 0.273 bits per heavy atom. The van der Waals surface area contributed by atoms with Gasteiger partial charge in [-0.05, 0) is 110 Å². The maximum Gasteiger partial charge on any atom is 0.178 e. The summed E-state index contributed by atoms with van der Waals surface area (Å²) < 4.78 is 65.9. The summed E-state index contributed by atoms with van der Waals surface area (Å²) in [5.41, 5.74) is 11.9. The molecule has 0 spiro atoms. The smallest absolute Gasteiger partial charge is 0.178 e. The van der Waals surface area contributed by atoms with Crippen molar-refractivity contribution in [2.24, 2.45) is 0 Å². The van der Waals surface area contributed by atoms with E-state index in [-0.39, 0.29) is 21.7 Å². The molecule has 66 heavy (non-hydrogen) atoms. The van der Waals surface area contributed by atoms with Crippen molar-refractivity contribution in [2.45, 2.75) is 77.0 Å². The van der Waals surface area contributed by atoms with Crippen LogP contribution in [0.5, 0.6) is 0 Å². The molecular weight excluding hydrogens is 821 g/mol. The third kappa shape index (κ3) is 4.49. The predicted molar refractivity (Wildman–Crippen MR) is 261 cm³/mol. The SMILES string of the molecule is CC1(C)c2cccc3c2-c2c4c1cccc4c(C#Cc1c(F)c(F)c(C#Cc4c5cccc6c5c5c7c(cccc47)C(C)(C)c4cccc(c4-5)C6(C)C)c(F)c1F)c1cccc(c21)C3(C)C. The van der Waals surface area contributed by atoms with Crippen LogP contribution in [0.25, 0.3) is 65.3 Å². The van der Waals surface area contributed by atoms with Gasteiger partial charge in [-0.2, -0.15) is 0 Å². The van der Waals surface area contributed by atoms with E-state index in [1.807, 2.05) is 48.5 Å². The summed E-state index contributed by atoms with van der Waals surface area (Å²) in [6, 6.07) is 37.6. The Bertz CT molecular complexity index is 3500. The minimum Gasteiger partial charge on any atom is -0.202 e. The van der Waals surface area contributed by atoms with E-state index in [0.717, 1.165) is 76.5 Å². The van der Waals surface area contributed by atoms with Crippen LogP contribution in [0.2, 0.25) is 0 Å². The average molecular weight is 863 g/mol. The molecule has 0 N–H and O–H groups in total. The minimum absolute atomic E-state index is 0.363. The van der Waals surface area contributed by atoms with Crippen LogP contribution in [0.4, 0.5) is 17.6 Å². The summed E-state index contributed by atoms with van der Waals surface area (Å²) in [5, 5.41) is 7.41. The van der Waals surface area contributed by atoms with Gasteiger partial charge in [0.25, 0.3) is 0 Å². The number of hydrogen-bond acceptors (Lipinski definition) is 0. The highest BCUT2D eigenvalue weighted by molar-refractivity contribution is 6.23. The third-order valence-electron chi connectivity index (χ3n) is 16.2. The maximum absolute atomic E-state index is 16.5. The van der Waals surface area contributed by atoms with Gasteiger partial charge >= 0.3 is 0 Å². The molecule has 318 valence electrons. The molecule has 0 radical (unpaired) electrons. The molecule has 9 aromatic rings. The zero-order chi connectivity index (χ0) is 45.7. The summed E-state index contributed by atoms with van der Waals surface area (Å²) in [4.78, 5) is 0. The van der Waals surface area contributed by atoms with Gasteiger partial charge < -0.3 is 0 Å². The van der Waals surface area contributed by atoms with E-state index in [9.17, 15) is 0 Å². The van der Waals surface area contributed by atoms with Gasteiger partial charge in [0.1, 0.15) is 11.1 Å². The van der Waals surface area contributed by atoms with Crippen molar-refractivity contribution in [2.75, 3.05) is 0 Å². The van der Waals surface area contributed by atoms with Gasteiger partial charge in [-0.1, -0.05) is 188 Å². The lowest BCUT2D eigenvalue weighted by Crippen LogP contribution is -2.30. The second-order valence-corrected chi connectivity index (χ2v) is 20.9. The normalized spacial score (nSPS) is 16.4. The monoisotopic (exact) mass is 862 g/mol. The summed E-state index contributed by atoms with van der Waals surface area (Å²) in [6.45, 7) is 17.8. The van der Waals surface area contributed by atoms with E-state index in [1.54, 1.807) is 0 Å². The van der Waals surface area contributed by atoms with Crippen LogP contribution < -0.4 is 0 Å². The highest BCUT2D eigenvalue weighted by atomic mass is 19.2. The van der Waals surface area contributed by atoms with E-state index >= 15 is 17.6 Å². The molecule has 0 atom stereocenters. The number of hydrogen-bond donors (Lipinski definition) is 0. The highest BCUT2D eigenvalue weighted by Gasteiger charge is 2.45. The molecule has 0 saturated heterocycles. The molecule has 4 aliphatic rings.